The van der Waals surface area contributed by atoms with E-state index in [0.717, 1.165) is 6.42 Å². The van der Waals surface area contributed by atoms with Gasteiger partial charge in [0.25, 0.3) is 0 Å². The summed E-state index contributed by atoms with van der Waals surface area (Å²) >= 11 is 0. The predicted molar refractivity (Wildman–Crippen MR) is 52.9 cm³/mol. The second-order valence-electron chi connectivity index (χ2n) is 3.62. The maximum Gasteiger partial charge on any atom is 0.151 e. The third kappa shape index (κ3) is 5.64. The lowest BCUT2D eigenvalue weighted by atomic mass is 10.2. The second-order valence-corrected chi connectivity index (χ2v) is 5.77. The summed E-state index contributed by atoms with van der Waals surface area (Å²) in [6.45, 7) is 5.51. The van der Waals surface area contributed by atoms with Gasteiger partial charge in [0.1, 0.15) is 0 Å². The number of hydrogen-bond donors (Lipinski definition) is 0. The molecule has 0 aliphatic rings. The van der Waals surface area contributed by atoms with E-state index in [1.165, 1.54) is 0 Å². The summed E-state index contributed by atoms with van der Waals surface area (Å²) in [5.41, 5.74) is 0. The molecule has 0 bridgehead atoms. The predicted octanol–water partition coefficient (Wildman–Crippen LogP) is 1.61. The van der Waals surface area contributed by atoms with Gasteiger partial charge in [0, 0.05) is 0 Å². The van der Waals surface area contributed by atoms with Crippen molar-refractivity contribution >= 4 is 9.84 Å². The quantitative estimate of drug-likeness (QED) is 0.682. The van der Waals surface area contributed by atoms with Gasteiger partial charge in [0.2, 0.25) is 0 Å². The normalized spacial score (nSPS) is 16.2. The van der Waals surface area contributed by atoms with Crippen molar-refractivity contribution in [1.82, 2.24) is 0 Å². The van der Waals surface area contributed by atoms with Crippen LogP contribution in [-0.4, -0.2) is 19.9 Å². The number of sulfone groups is 1. The minimum Gasteiger partial charge on any atom is -0.229 e. The fourth-order valence-electron chi connectivity index (χ4n) is 1.04. The van der Waals surface area contributed by atoms with Crippen molar-refractivity contribution in [2.75, 3.05) is 11.5 Å². The van der Waals surface area contributed by atoms with E-state index in [0.29, 0.717) is 0 Å². The Kier molecular flexibility index (Phi) is 5.01. The van der Waals surface area contributed by atoms with Gasteiger partial charge in [-0.2, -0.15) is 5.26 Å². The molecule has 0 N–H and O–H groups in total. The van der Waals surface area contributed by atoms with Gasteiger partial charge in [-0.05, 0) is 12.8 Å². The molecule has 0 amide bonds. The molecule has 0 saturated heterocycles. The molecule has 3 nitrogen and oxygen atoms in total. The second kappa shape index (κ2) is 5.23. The van der Waals surface area contributed by atoms with Crippen LogP contribution in [0.2, 0.25) is 0 Å². The minimum absolute atomic E-state index is 0.00611. The van der Waals surface area contributed by atoms with E-state index >= 15 is 0 Å². The Balaban J connectivity index is 4.19. The maximum atomic E-state index is 11.4. The first-order valence-electron chi connectivity index (χ1n) is 4.51. The third-order valence-electron chi connectivity index (χ3n) is 1.96. The Hall–Kier alpha value is -0.560. The van der Waals surface area contributed by atoms with Gasteiger partial charge >= 0.3 is 0 Å². The fraction of sp³-hybridized carbons (Fsp3) is 0.889. The Labute approximate surface area is 80.7 Å². The molecule has 2 unspecified atom stereocenters. The molecule has 0 aliphatic heterocycles. The van der Waals surface area contributed by atoms with E-state index in [1.807, 2.05) is 19.9 Å². The van der Waals surface area contributed by atoms with Gasteiger partial charge in [-0.1, -0.05) is 20.3 Å². The minimum atomic E-state index is -3.03. The number of rotatable bonds is 5. The molecule has 0 rings (SSSR count). The molecule has 13 heavy (non-hydrogen) atoms. The van der Waals surface area contributed by atoms with E-state index in [2.05, 4.69) is 0 Å². The molecule has 0 aliphatic carbocycles. The highest BCUT2D eigenvalue weighted by Crippen LogP contribution is 2.08. The number of nitriles is 1. The topological polar surface area (TPSA) is 57.9 Å². The molecule has 0 spiro atoms. The van der Waals surface area contributed by atoms with Gasteiger partial charge in [0.15, 0.2) is 9.84 Å². The molecule has 0 fully saturated rings. The Morgan fingerprint density at radius 2 is 1.85 bits per heavy atom. The van der Waals surface area contributed by atoms with Crippen LogP contribution >= 0.6 is 0 Å². The van der Waals surface area contributed by atoms with Gasteiger partial charge < -0.3 is 0 Å². The molecule has 2 atom stereocenters. The summed E-state index contributed by atoms with van der Waals surface area (Å²) in [6.07, 6.45) is 0.861. The van der Waals surface area contributed by atoms with Crippen molar-refractivity contribution < 1.29 is 8.42 Å². The zero-order valence-electron chi connectivity index (χ0n) is 8.45. The van der Waals surface area contributed by atoms with Crippen molar-refractivity contribution in [1.29, 1.82) is 5.26 Å². The Morgan fingerprint density at radius 3 is 2.23 bits per heavy atom. The van der Waals surface area contributed by atoms with Gasteiger partial charge in [-0.15, -0.1) is 0 Å². The van der Waals surface area contributed by atoms with Crippen LogP contribution in [0.4, 0.5) is 0 Å². The van der Waals surface area contributed by atoms with Crippen molar-refractivity contribution in [3.05, 3.63) is 0 Å². The SMILES string of the molecule is CCC(C)CS(=O)(=O)CC(C)C#N. The highest BCUT2D eigenvalue weighted by Gasteiger charge is 2.17. The molecular formula is C9H17NO2S. The summed E-state index contributed by atoms with van der Waals surface area (Å²) in [4.78, 5) is 0. The van der Waals surface area contributed by atoms with E-state index in [4.69, 9.17) is 5.26 Å². The molecule has 0 saturated carbocycles. The molecule has 0 radical (unpaired) electrons. The van der Waals surface area contributed by atoms with Gasteiger partial charge in [0.05, 0.1) is 23.5 Å². The van der Waals surface area contributed by atoms with E-state index < -0.39 is 15.8 Å². The van der Waals surface area contributed by atoms with E-state index in [1.54, 1.807) is 6.92 Å². The van der Waals surface area contributed by atoms with Crippen LogP contribution in [0.15, 0.2) is 0 Å². The maximum absolute atomic E-state index is 11.4. The summed E-state index contributed by atoms with van der Waals surface area (Å²) < 4.78 is 22.8. The zero-order chi connectivity index (χ0) is 10.5. The lowest BCUT2D eigenvalue weighted by molar-refractivity contribution is 0.559. The first-order valence-corrected chi connectivity index (χ1v) is 6.33. The van der Waals surface area contributed by atoms with Crippen molar-refractivity contribution in [2.24, 2.45) is 11.8 Å². The van der Waals surface area contributed by atoms with Crippen LogP contribution in [0.3, 0.4) is 0 Å². The van der Waals surface area contributed by atoms with E-state index in [-0.39, 0.29) is 17.4 Å². The lowest BCUT2D eigenvalue weighted by Gasteiger charge is -2.09. The Morgan fingerprint density at radius 1 is 1.31 bits per heavy atom. The van der Waals surface area contributed by atoms with Crippen LogP contribution < -0.4 is 0 Å². The standard InChI is InChI=1S/C9H17NO2S/c1-4-8(2)6-13(11,12)7-9(3)5-10/h8-9H,4,6-7H2,1-3H3. The summed E-state index contributed by atoms with van der Waals surface area (Å²) in [6, 6.07) is 1.93. The third-order valence-corrected chi connectivity index (χ3v) is 4.04. The van der Waals surface area contributed by atoms with Crippen LogP contribution in [0.1, 0.15) is 27.2 Å². The summed E-state index contributed by atoms with van der Waals surface area (Å²) in [7, 11) is -3.03. The fourth-order valence-corrected chi connectivity index (χ4v) is 3.11. The highest BCUT2D eigenvalue weighted by atomic mass is 32.2. The van der Waals surface area contributed by atoms with Crippen LogP contribution in [0, 0.1) is 23.2 Å². The highest BCUT2D eigenvalue weighted by molar-refractivity contribution is 7.91. The summed E-state index contributed by atoms with van der Waals surface area (Å²) in [5, 5.41) is 8.47. The van der Waals surface area contributed by atoms with Crippen LogP contribution in [0.5, 0.6) is 0 Å². The monoisotopic (exact) mass is 203 g/mol. The number of hydrogen-bond acceptors (Lipinski definition) is 3. The average molecular weight is 203 g/mol. The van der Waals surface area contributed by atoms with Crippen molar-refractivity contribution in [3.8, 4) is 6.07 Å². The van der Waals surface area contributed by atoms with Crippen molar-refractivity contribution in [3.63, 3.8) is 0 Å². The molecule has 0 aromatic carbocycles. The van der Waals surface area contributed by atoms with Crippen molar-refractivity contribution in [2.45, 2.75) is 27.2 Å². The average Bonchev–Trinajstić information content (AvgIpc) is 2.02. The summed E-state index contributed by atoms with van der Waals surface area (Å²) in [5.74, 6) is -0.00597. The molecule has 4 heteroatoms. The molecule has 0 aromatic rings. The van der Waals surface area contributed by atoms with Gasteiger partial charge in [-0.25, -0.2) is 8.42 Å². The Bertz CT molecular complexity index is 276. The first kappa shape index (κ1) is 12.4. The molecule has 76 valence electrons. The first-order chi connectivity index (χ1) is 5.91. The molecule has 0 heterocycles. The molecule has 0 aromatic heterocycles. The van der Waals surface area contributed by atoms with E-state index in [9.17, 15) is 8.42 Å². The smallest absolute Gasteiger partial charge is 0.151 e. The van der Waals surface area contributed by atoms with Crippen LogP contribution in [-0.2, 0) is 9.84 Å². The van der Waals surface area contributed by atoms with Crippen LogP contribution in [0.25, 0.3) is 0 Å². The molecular weight excluding hydrogens is 186 g/mol. The van der Waals surface area contributed by atoms with Gasteiger partial charge in [-0.3, -0.25) is 0 Å². The largest absolute Gasteiger partial charge is 0.229 e. The lowest BCUT2D eigenvalue weighted by Crippen LogP contribution is -2.20. The number of nitrogens with zero attached hydrogens (tertiary/aromatic N) is 1. The zero-order valence-corrected chi connectivity index (χ0v) is 9.26.